The molecule has 0 aliphatic carbocycles. The van der Waals surface area contributed by atoms with Crippen LogP contribution in [0.1, 0.15) is 12.8 Å². The monoisotopic (exact) mass is 191 g/mol. The van der Waals surface area contributed by atoms with Gasteiger partial charge in [-0.05, 0) is 18.9 Å². The zero-order valence-corrected chi connectivity index (χ0v) is 7.03. The number of aldehydes is 1. The van der Waals surface area contributed by atoms with Crippen molar-refractivity contribution in [2.24, 2.45) is 11.8 Å². The third-order valence-corrected chi connectivity index (χ3v) is 3.03. The van der Waals surface area contributed by atoms with Crippen LogP contribution in [0.4, 0.5) is 0 Å². The summed E-state index contributed by atoms with van der Waals surface area (Å²) in [4.78, 5) is 23.8. The second-order valence-corrected chi connectivity index (χ2v) is 3.75. The average Bonchev–Trinajstić information content (AvgIpc) is 2.64. The van der Waals surface area contributed by atoms with Crippen LogP contribution in [0.3, 0.4) is 0 Å². The summed E-state index contributed by atoms with van der Waals surface area (Å²) in [7, 11) is 0. The minimum atomic E-state index is 0. The summed E-state index contributed by atoms with van der Waals surface area (Å²) in [5, 5.41) is 0. The number of Topliss-reactive ketones (excluding diaryl/α,β-unsaturated/α-hetero) is 1. The molecule has 0 aromatic rings. The molecule has 0 saturated carbocycles. The standard InChI is InChI=1S/C9H13NO2.Na.H/c11-4-2-9(12)8-6-10-3-1-7(8)5-10;;/h4,7-8H,1-3,5-6H2;;. The Morgan fingerprint density at radius 1 is 1.46 bits per heavy atom. The Kier molecular flexibility index (Phi) is 4.10. The van der Waals surface area contributed by atoms with Gasteiger partial charge < -0.3 is 9.69 Å². The van der Waals surface area contributed by atoms with E-state index in [-0.39, 0.29) is 47.7 Å². The first kappa shape index (κ1) is 11.4. The predicted octanol–water partition coefficient (Wildman–Crippen LogP) is -0.552. The first-order valence-electron chi connectivity index (χ1n) is 4.50. The maximum absolute atomic E-state index is 11.4. The van der Waals surface area contributed by atoms with Gasteiger partial charge in [0.1, 0.15) is 12.1 Å². The molecular formula is C9H14NNaO2. The van der Waals surface area contributed by atoms with Gasteiger partial charge >= 0.3 is 29.6 Å². The van der Waals surface area contributed by atoms with Crippen LogP contribution < -0.4 is 0 Å². The van der Waals surface area contributed by atoms with Crippen LogP contribution in [-0.2, 0) is 9.59 Å². The molecule has 3 unspecified atom stereocenters. The molecule has 2 aliphatic rings. The normalized spacial score (nSPS) is 35.5. The van der Waals surface area contributed by atoms with Crippen molar-refractivity contribution in [2.45, 2.75) is 12.8 Å². The van der Waals surface area contributed by atoms with E-state index in [1.807, 2.05) is 0 Å². The van der Waals surface area contributed by atoms with Crippen molar-refractivity contribution in [1.29, 1.82) is 0 Å². The molecule has 3 atom stereocenters. The summed E-state index contributed by atoms with van der Waals surface area (Å²) in [6.45, 7) is 3.13. The second-order valence-electron chi connectivity index (χ2n) is 3.75. The molecular weight excluding hydrogens is 177 g/mol. The first-order chi connectivity index (χ1) is 5.81. The van der Waals surface area contributed by atoms with E-state index in [2.05, 4.69) is 4.90 Å². The number of nitrogens with zero attached hydrogens (tertiary/aromatic N) is 1. The van der Waals surface area contributed by atoms with Crippen molar-refractivity contribution >= 4 is 41.6 Å². The predicted molar refractivity (Wildman–Crippen MR) is 50.9 cm³/mol. The number of piperidine rings is 1. The summed E-state index contributed by atoms with van der Waals surface area (Å²) in [6.07, 6.45) is 1.99. The number of hydrogen-bond acceptors (Lipinski definition) is 3. The average molecular weight is 191 g/mol. The summed E-state index contributed by atoms with van der Waals surface area (Å²) < 4.78 is 0. The van der Waals surface area contributed by atoms with Gasteiger partial charge in [0.05, 0.1) is 6.42 Å². The van der Waals surface area contributed by atoms with Crippen LogP contribution in [-0.4, -0.2) is 66.2 Å². The van der Waals surface area contributed by atoms with Crippen molar-refractivity contribution < 1.29 is 9.59 Å². The number of hydrogen-bond donors (Lipinski definition) is 0. The molecule has 2 bridgehead atoms. The Morgan fingerprint density at radius 3 is 2.69 bits per heavy atom. The van der Waals surface area contributed by atoms with E-state index in [1.54, 1.807) is 0 Å². The van der Waals surface area contributed by atoms with Gasteiger partial charge in [-0.1, -0.05) is 0 Å². The van der Waals surface area contributed by atoms with Crippen LogP contribution in [0.25, 0.3) is 0 Å². The van der Waals surface area contributed by atoms with Crippen molar-refractivity contribution in [3.8, 4) is 0 Å². The van der Waals surface area contributed by atoms with Gasteiger partial charge in [-0.3, -0.25) is 4.79 Å². The van der Waals surface area contributed by atoms with Crippen LogP contribution in [0.5, 0.6) is 0 Å². The second kappa shape index (κ2) is 4.69. The Morgan fingerprint density at radius 2 is 2.23 bits per heavy atom. The van der Waals surface area contributed by atoms with Crippen molar-refractivity contribution in [3.63, 3.8) is 0 Å². The molecule has 2 heterocycles. The number of ketones is 1. The molecule has 2 aliphatic heterocycles. The van der Waals surface area contributed by atoms with E-state index in [1.165, 1.54) is 0 Å². The fraction of sp³-hybridized carbons (Fsp3) is 0.778. The molecule has 2 fully saturated rings. The number of fused-ring (bicyclic) bond motifs is 2. The van der Waals surface area contributed by atoms with Crippen molar-refractivity contribution in [1.82, 2.24) is 4.90 Å². The van der Waals surface area contributed by atoms with Crippen LogP contribution >= 0.6 is 0 Å². The summed E-state index contributed by atoms with van der Waals surface area (Å²) in [6, 6.07) is 0. The fourth-order valence-corrected chi connectivity index (χ4v) is 2.38. The molecule has 68 valence electrons. The molecule has 3 nitrogen and oxygen atoms in total. The molecule has 2 saturated heterocycles. The number of carbonyl (C=O) groups excluding carboxylic acids is 2. The topological polar surface area (TPSA) is 37.4 Å². The Balaban J connectivity index is 0.000000845. The molecule has 0 radical (unpaired) electrons. The molecule has 0 N–H and O–H groups in total. The van der Waals surface area contributed by atoms with Crippen molar-refractivity contribution in [2.75, 3.05) is 19.6 Å². The van der Waals surface area contributed by atoms with Gasteiger partial charge in [0.15, 0.2) is 0 Å². The molecule has 4 heteroatoms. The van der Waals surface area contributed by atoms with Gasteiger partial charge in [-0.2, -0.15) is 0 Å². The van der Waals surface area contributed by atoms with E-state index in [9.17, 15) is 9.59 Å². The van der Waals surface area contributed by atoms with E-state index in [0.29, 0.717) is 5.92 Å². The van der Waals surface area contributed by atoms with Gasteiger partial charge in [0, 0.05) is 19.0 Å². The van der Waals surface area contributed by atoms with Crippen LogP contribution in [0, 0.1) is 11.8 Å². The summed E-state index contributed by atoms with van der Waals surface area (Å²) in [5.74, 6) is 0.874. The fourth-order valence-electron chi connectivity index (χ4n) is 2.38. The minimum absolute atomic E-state index is 0. The van der Waals surface area contributed by atoms with E-state index < -0.39 is 0 Å². The Hall–Kier alpha value is 0.300. The SMILES string of the molecule is O=CCC(=O)C1CN2CCC1C2.[NaH]. The Bertz CT molecular complexity index is 220. The van der Waals surface area contributed by atoms with Crippen molar-refractivity contribution in [3.05, 3.63) is 0 Å². The molecule has 2 rings (SSSR count). The molecule has 0 aromatic heterocycles. The number of carbonyl (C=O) groups is 2. The van der Waals surface area contributed by atoms with Crippen LogP contribution in [0.15, 0.2) is 0 Å². The maximum atomic E-state index is 11.4. The molecule has 13 heavy (non-hydrogen) atoms. The van der Waals surface area contributed by atoms with Gasteiger partial charge in [0.25, 0.3) is 0 Å². The summed E-state index contributed by atoms with van der Waals surface area (Å²) >= 11 is 0. The van der Waals surface area contributed by atoms with E-state index >= 15 is 0 Å². The third-order valence-electron chi connectivity index (χ3n) is 3.03. The van der Waals surface area contributed by atoms with Gasteiger partial charge in [0.2, 0.25) is 0 Å². The molecule has 0 amide bonds. The molecule has 0 aromatic carbocycles. The van der Waals surface area contributed by atoms with E-state index in [0.717, 1.165) is 32.3 Å². The first-order valence-corrected chi connectivity index (χ1v) is 4.50. The quantitative estimate of drug-likeness (QED) is 0.341. The Labute approximate surface area is 100 Å². The zero-order chi connectivity index (χ0) is 8.55. The molecule has 0 spiro atoms. The van der Waals surface area contributed by atoms with Crippen LogP contribution in [0.2, 0.25) is 0 Å². The third kappa shape index (κ3) is 2.21. The van der Waals surface area contributed by atoms with Gasteiger partial charge in [-0.25, -0.2) is 0 Å². The number of rotatable bonds is 3. The zero-order valence-electron chi connectivity index (χ0n) is 7.03. The summed E-state index contributed by atoms with van der Waals surface area (Å²) in [5.41, 5.74) is 0. The van der Waals surface area contributed by atoms with E-state index in [4.69, 9.17) is 0 Å². The van der Waals surface area contributed by atoms with Gasteiger partial charge in [-0.15, -0.1) is 0 Å².